The highest BCUT2D eigenvalue weighted by atomic mass is 32.1. The van der Waals surface area contributed by atoms with Crippen LogP contribution in [0.3, 0.4) is 0 Å². The summed E-state index contributed by atoms with van der Waals surface area (Å²) in [6.07, 6.45) is 3.99. The maximum absolute atomic E-state index is 7.23. The summed E-state index contributed by atoms with van der Waals surface area (Å²) in [7, 11) is -9.69. The highest BCUT2D eigenvalue weighted by Gasteiger charge is 2.56. The van der Waals surface area contributed by atoms with Crippen molar-refractivity contribution in [1.82, 2.24) is 0 Å². The van der Waals surface area contributed by atoms with Crippen molar-refractivity contribution in [2.45, 2.75) is 76.0 Å². The molecule has 0 unspecified atom stereocenters. The molecule has 0 amide bonds. The summed E-state index contributed by atoms with van der Waals surface area (Å²) in [6.45, 7) is 8.59. The molecule has 0 saturated carbocycles. The number of hydrogen-bond acceptors (Lipinski definition) is 8. The highest BCUT2D eigenvalue weighted by molar-refractivity contribution is 7.80. The predicted molar refractivity (Wildman–Crippen MR) is 144 cm³/mol. The van der Waals surface area contributed by atoms with E-state index in [1.54, 1.807) is 0 Å². The second-order valence-electron chi connectivity index (χ2n) is 8.34. The summed E-state index contributed by atoms with van der Waals surface area (Å²) >= 11 is 17.9. The fourth-order valence-corrected chi connectivity index (χ4v) is 29.2. The van der Waals surface area contributed by atoms with E-state index in [0.29, 0.717) is 0 Å². The number of rotatable bonds is 12. The van der Waals surface area contributed by atoms with Gasteiger partial charge in [-0.3, -0.25) is 0 Å². The van der Waals surface area contributed by atoms with Crippen molar-refractivity contribution in [2.75, 3.05) is 23.0 Å². The second kappa shape index (κ2) is 13.0. The van der Waals surface area contributed by atoms with Crippen molar-refractivity contribution >= 4 is 84.8 Å². The first-order chi connectivity index (χ1) is 13.1. The first-order valence-electron chi connectivity index (χ1n) is 10.3. The SMILES string of the molecule is C[Si]1(C)O[Si](C)(C)O[Si](CCCS)(CCCS)O[Si](CCCS)(CCCS)O1. The third-order valence-electron chi connectivity index (χ3n) is 4.59. The van der Waals surface area contributed by atoms with Crippen LogP contribution in [-0.4, -0.2) is 57.3 Å². The molecule has 0 aliphatic carbocycles. The van der Waals surface area contributed by atoms with Gasteiger partial charge in [0.15, 0.2) is 0 Å². The first-order valence-corrected chi connectivity index (χ1v) is 22.9. The molecule has 0 aromatic heterocycles. The Morgan fingerprint density at radius 1 is 0.464 bits per heavy atom. The molecule has 0 N–H and O–H groups in total. The van der Waals surface area contributed by atoms with Crippen LogP contribution in [0.2, 0.25) is 50.4 Å². The lowest BCUT2D eigenvalue weighted by atomic mass is 10.6. The van der Waals surface area contributed by atoms with Crippen LogP contribution in [0.1, 0.15) is 25.7 Å². The molecule has 1 saturated heterocycles. The van der Waals surface area contributed by atoms with Crippen LogP contribution in [0.25, 0.3) is 0 Å². The van der Waals surface area contributed by atoms with Crippen molar-refractivity contribution in [3.05, 3.63) is 0 Å². The highest BCUT2D eigenvalue weighted by Crippen LogP contribution is 2.40. The van der Waals surface area contributed by atoms with Gasteiger partial charge in [-0.15, -0.1) is 0 Å². The molecule has 0 aromatic carbocycles. The monoisotopic (exact) mass is 536 g/mol. The van der Waals surface area contributed by atoms with E-state index in [1.165, 1.54) is 0 Å². The van der Waals surface area contributed by atoms with Gasteiger partial charge < -0.3 is 16.5 Å². The average molecular weight is 537 g/mol. The van der Waals surface area contributed by atoms with E-state index in [0.717, 1.165) is 72.9 Å². The van der Waals surface area contributed by atoms with E-state index in [2.05, 4.69) is 76.7 Å². The zero-order valence-corrected chi connectivity index (χ0v) is 25.5. The third kappa shape index (κ3) is 9.72. The lowest BCUT2D eigenvalue weighted by Crippen LogP contribution is -2.67. The van der Waals surface area contributed by atoms with Gasteiger partial charge in [-0.2, -0.15) is 50.5 Å². The zero-order valence-electron chi connectivity index (χ0n) is 17.9. The van der Waals surface area contributed by atoms with Crippen LogP contribution in [0, 0.1) is 0 Å². The van der Waals surface area contributed by atoms with Crippen LogP contribution >= 0.6 is 50.5 Å². The van der Waals surface area contributed by atoms with Gasteiger partial charge in [0, 0.05) is 0 Å². The van der Waals surface area contributed by atoms with Gasteiger partial charge in [0.1, 0.15) is 0 Å². The van der Waals surface area contributed by atoms with E-state index < -0.39 is 34.2 Å². The van der Waals surface area contributed by atoms with Crippen LogP contribution in [0.15, 0.2) is 0 Å². The maximum Gasteiger partial charge on any atom is 0.320 e. The van der Waals surface area contributed by atoms with Gasteiger partial charge in [-0.1, -0.05) is 0 Å². The Bertz CT molecular complexity index is 406. The molecule has 12 heteroatoms. The molecule has 0 radical (unpaired) electrons. The predicted octanol–water partition coefficient (Wildman–Crippen LogP) is 5.63. The van der Waals surface area contributed by atoms with E-state index >= 15 is 0 Å². The summed E-state index contributed by atoms with van der Waals surface area (Å²) in [4.78, 5) is 0. The van der Waals surface area contributed by atoms with Crippen molar-refractivity contribution in [1.29, 1.82) is 0 Å². The summed E-state index contributed by atoms with van der Waals surface area (Å²) in [5, 5.41) is 0. The largest absolute Gasteiger partial charge is 0.416 e. The Labute approximate surface area is 199 Å². The van der Waals surface area contributed by atoms with Gasteiger partial charge in [0.25, 0.3) is 0 Å². The molecular formula is C16H40O4S4Si4. The minimum atomic E-state index is -2.49. The van der Waals surface area contributed by atoms with Crippen LogP contribution < -0.4 is 0 Å². The summed E-state index contributed by atoms with van der Waals surface area (Å²) in [5.41, 5.74) is 0. The van der Waals surface area contributed by atoms with Crippen LogP contribution in [0.4, 0.5) is 0 Å². The molecule has 4 nitrogen and oxygen atoms in total. The van der Waals surface area contributed by atoms with Crippen molar-refractivity contribution in [3.63, 3.8) is 0 Å². The topological polar surface area (TPSA) is 36.9 Å². The molecule has 28 heavy (non-hydrogen) atoms. The van der Waals surface area contributed by atoms with Gasteiger partial charge in [0.2, 0.25) is 0 Å². The molecule has 1 aliphatic heterocycles. The minimum Gasteiger partial charge on any atom is -0.416 e. The fraction of sp³-hybridized carbons (Fsp3) is 1.00. The summed E-state index contributed by atoms with van der Waals surface area (Å²) < 4.78 is 27.8. The molecule has 0 aromatic rings. The molecule has 0 spiro atoms. The Morgan fingerprint density at radius 2 is 0.750 bits per heavy atom. The van der Waals surface area contributed by atoms with E-state index in [4.69, 9.17) is 16.5 Å². The summed E-state index contributed by atoms with van der Waals surface area (Å²) in [5.74, 6) is 3.37. The van der Waals surface area contributed by atoms with E-state index in [1.807, 2.05) is 0 Å². The lowest BCUT2D eigenvalue weighted by Gasteiger charge is -2.51. The van der Waals surface area contributed by atoms with Gasteiger partial charge in [0.05, 0.1) is 0 Å². The van der Waals surface area contributed by atoms with Gasteiger partial charge >= 0.3 is 34.2 Å². The van der Waals surface area contributed by atoms with Gasteiger partial charge in [-0.25, -0.2) is 0 Å². The Hall–Kier alpha value is 2.11. The standard InChI is InChI=1S/C16H40O4S4Si4/c1-25(2)17-26(3,4)19-28(15-7-11-23,16-8-12-24)20-27(18-25,13-5-9-21)14-6-10-22/h21-24H,5-16H2,1-4H3. The number of hydrogen-bond donors (Lipinski definition) is 4. The quantitative estimate of drug-likeness (QED) is 0.192. The van der Waals surface area contributed by atoms with Gasteiger partial charge in [-0.05, 0) is 99.1 Å². The Morgan fingerprint density at radius 3 is 1.00 bits per heavy atom. The molecule has 0 bridgehead atoms. The smallest absolute Gasteiger partial charge is 0.320 e. The molecule has 1 heterocycles. The van der Waals surface area contributed by atoms with E-state index in [9.17, 15) is 0 Å². The molecule has 0 atom stereocenters. The molecule has 1 rings (SSSR count). The molecular weight excluding hydrogens is 497 g/mol. The Kier molecular flexibility index (Phi) is 13.0. The summed E-state index contributed by atoms with van der Waals surface area (Å²) in [6, 6.07) is 3.80. The second-order valence-corrected chi connectivity index (χ2v) is 24.6. The molecule has 1 aliphatic rings. The lowest BCUT2D eigenvalue weighted by molar-refractivity contribution is 0.221. The third-order valence-corrected chi connectivity index (χ3v) is 24.1. The normalized spacial score (nSPS) is 23.1. The van der Waals surface area contributed by atoms with Crippen molar-refractivity contribution in [2.24, 2.45) is 0 Å². The molecule has 1 fully saturated rings. The van der Waals surface area contributed by atoms with Crippen molar-refractivity contribution < 1.29 is 16.5 Å². The van der Waals surface area contributed by atoms with Crippen LogP contribution in [0.5, 0.6) is 0 Å². The maximum atomic E-state index is 7.23. The molecule has 168 valence electrons. The van der Waals surface area contributed by atoms with Crippen molar-refractivity contribution in [3.8, 4) is 0 Å². The average Bonchev–Trinajstić information content (AvgIpc) is 2.58. The first kappa shape index (κ1) is 28.1. The fourth-order valence-electron chi connectivity index (χ4n) is 3.96. The zero-order chi connectivity index (χ0) is 21.3. The Balaban J connectivity index is 3.36. The van der Waals surface area contributed by atoms with E-state index in [-0.39, 0.29) is 0 Å². The van der Waals surface area contributed by atoms with Crippen LogP contribution in [-0.2, 0) is 16.5 Å². The minimum absolute atomic E-state index is 0.841. The number of thiol groups is 4.